The Morgan fingerprint density at radius 1 is 0.517 bits per heavy atom. The Labute approximate surface area is 206 Å². The molecule has 2 bridgehead atoms. The van der Waals surface area contributed by atoms with Crippen molar-refractivity contribution in [2.75, 3.05) is 75.6 Å². The standard InChI is InChI=1S/C22H42OS6/c1-21-15-24-8-2-5-11-27-18-22(14-23,19-28-12-6-3-9-25-16-21)20-29-13-7-4-10-26-17-21/h23H,2-20H2,1H3. The summed E-state index contributed by atoms with van der Waals surface area (Å²) in [6.07, 6.45) is 8.05. The van der Waals surface area contributed by atoms with Crippen molar-refractivity contribution in [3.63, 3.8) is 0 Å². The van der Waals surface area contributed by atoms with Crippen molar-refractivity contribution in [1.29, 1.82) is 0 Å². The minimum absolute atomic E-state index is 0.122. The van der Waals surface area contributed by atoms with E-state index >= 15 is 0 Å². The SMILES string of the molecule is CC12CSCCCCSCC(CO)(CSCCCCSC1)CSCCCCSC2. The molecule has 3 saturated heterocycles. The zero-order chi connectivity index (χ0) is 20.7. The summed E-state index contributed by atoms with van der Waals surface area (Å²) >= 11 is 12.9. The second-order valence-corrected chi connectivity index (χ2v) is 15.5. The number of aliphatic hydroxyl groups excluding tert-OH is 1. The molecule has 0 aromatic heterocycles. The smallest absolute Gasteiger partial charge is 0.0511 e. The lowest BCUT2D eigenvalue weighted by Gasteiger charge is -2.32. The van der Waals surface area contributed by atoms with E-state index in [1.807, 2.05) is 0 Å². The number of hydrogen-bond acceptors (Lipinski definition) is 7. The van der Waals surface area contributed by atoms with Gasteiger partial charge < -0.3 is 5.11 Å². The second-order valence-electron chi connectivity index (χ2n) is 8.91. The predicted octanol–water partition coefficient (Wildman–Crippen LogP) is 6.74. The van der Waals surface area contributed by atoms with Crippen molar-refractivity contribution in [1.82, 2.24) is 0 Å². The Hall–Kier alpha value is 2.06. The summed E-state index contributed by atoms with van der Waals surface area (Å²) in [6, 6.07) is 0. The van der Waals surface area contributed by atoms with E-state index in [0.717, 1.165) is 17.3 Å². The molecule has 0 amide bonds. The highest BCUT2D eigenvalue weighted by molar-refractivity contribution is 8.01. The Bertz CT molecular complexity index is 356. The van der Waals surface area contributed by atoms with Gasteiger partial charge in [-0.25, -0.2) is 0 Å². The van der Waals surface area contributed by atoms with Crippen LogP contribution in [-0.2, 0) is 0 Å². The molecule has 1 nitrogen and oxygen atoms in total. The minimum atomic E-state index is 0.122. The number of rotatable bonds is 1. The average Bonchev–Trinajstić information content (AvgIpc) is 2.72. The Balaban J connectivity index is 2.03. The third-order valence-corrected chi connectivity index (χ3v) is 14.0. The predicted molar refractivity (Wildman–Crippen MR) is 149 cm³/mol. The van der Waals surface area contributed by atoms with Crippen LogP contribution in [0, 0.1) is 10.8 Å². The number of aliphatic hydroxyl groups is 1. The van der Waals surface area contributed by atoms with Gasteiger partial charge in [-0.15, -0.1) is 0 Å². The summed E-state index contributed by atoms with van der Waals surface area (Å²) < 4.78 is 0. The molecule has 3 fully saturated rings. The van der Waals surface area contributed by atoms with Crippen molar-refractivity contribution >= 4 is 70.6 Å². The molecule has 172 valence electrons. The highest BCUT2D eigenvalue weighted by Crippen LogP contribution is 2.35. The number of thioether (sulfide) groups is 6. The first-order valence-corrected chi connectivity index (χ1v) is 18.2. The van der Waals surface area contributed by atoms with Crippen LogP contribution in [0.1, 0.15) is 45.4 Å². The molecule has 0 aliphatic carbocycles. The van der Waals surface area contributed by atoms with E-state index in [1.54, 1.807) is 0 Å². The third kappa shape index (κ3) is 12.2. The van der Waals surface area contributed by atoms with E-state index in [0.29, 0.717) is 12.0 Å². The van der Waals surface area contributed by atoms with Crippen molar-refractivity contribution in [2.24, 2.45) is 10.8 Å². The van der Waals surface area contributed by atoms with E-state index in [4.69, 9.17) is 0 Å². The Morgan fingerprint density at radius 3 is 1.07 bits per heavy atom. The highest BCUT2D eigenvalue weighted by atomic mass is 32.2. The van der Waals surface area contributed by atoms with Crippen LogP contribution in [-0.4, -0.2) is 80.7 Å². The van der Waals surface area contributed by atoms with Crippen LogP contribution < -0.4 is 0 Å². The largest absolute Gasteiger partial charge is 0.396 e. The van der Waals surface area contributed by atoms with Crippen LogP contribution >= 0.6 is 70.6 Å². The fourth-order valence-electron chi connectivity index (χ4n) is 3.43. The lowest BCUT2D eigenvalue weighted by molar-refractivity contribution is 0.188. The topological polar surface area (TPSA) is 20.2 Å². The number of hydrogen-bond donors (Lipinski definition) is 1. The normalized spacial score (nSPS) is 33.7. The first-order valence-electron chi connectivity index (χ1n) is 11.3. The van der Waals surface area contributed by atoms with E-state index in [2.05, 4.69) is 77.5 Å². The summed E-state index contributed by atoms with van der Waals surface area (Å²) in [7, 11) is 0. The second kappa shape index (κ2) is 16.6. The maximum atomic E-state index is 10.3. The first kappa shape index (κ1) is 27.3. The average molecular weight is 515 g/mol. The highest BCUT2D eigenvalue weighted by Gasteiger charge is 2.30. The van der Waals surface area contributed by atoms with Gasteiger partial charge in [0.25, 0.3) is 0 Å². The number of fused-ring (bicyclic) bond motifs is 21. The maximum absolute atomic E-state index is 10.3. The van der Waals surface area contributed by atoms with E-state index < -0.39 is 0 Å². The van der Waals surface area contributed by atoms with Crippen molar-refractivity contribution in [3.05, 3.63) is 0 Å². The monoisotopic (exact) mass is 514 g/mol. The molecular weight excluding hydrogens is 473 g/mol. The van der Waals surface area contributed by atoms with Gasteiger partial charge in [0.05, 0.1) is 6.61 Å². The Morgan fingerprint density at radius 2 is 0.793 bits per heavy atom. The van der Waals surface area contributed by atoms with Gasteiger partial charge in [-0.3, -0.25) is 0 Å². The van der Waals surface area contributed by atoms with Crippen LogP contribution in [0.2, 0.25) is 0 Å². The van der Waals surface area contributed by atoms with Gasteiger partial charge in [-0.2, -0.15) is 70.6 Å². The summed E-state index contributed by atoms with van der Waals surface area (Å²) in [5.74, 6) is 15.2. The molecule has 0 atom stereocenters. The fourth-order valence-corrected chi connectivity index (χ4v) is 11.8. The summed E-state index contributed by atoms with van der Waals surface area (Å²) in [4.78, 5) is 0. The molecule has 3 aliphatic rings. The van der Waals surface area contributed by atoms with Gasteiger partial charge in [0.1, 0.15) is 0 Å². The fraction of sp³-hybridized carbons (Fsp3) is 1.00. The molecule has 0 aromatic rings. The molecule has 1 N–H and O–H groups in total. The quantitative estimate of drug-likeness (QED) is 0.413. The maximum Gasteiger partial charge on any atom is 0.0511 e. The van der Waals surface area contributed by atoms with E-state index in [1.165, 1.54) is 90.3 Å². The zero-order valence-electron chi connectivity index (χ0n) is 18.3. The molecule has 0 aromatic carbocycles. The molecule has 7 heteroatoms. The molecule has 0 saturated carbocycles. The summed E-state index contributed by atoms with van der Waals surface area (Å²) in [5, 5.41) is 10.3. The van der Waals surface area contributed by atoms with Gasteiger partial charge in [-0.1, -0.05) is 6.92 Å². The van der Waals surface area contributed by atoms with Gasteiger partial charge in [0.2, 0.25) is 0 Å². The third-order valence-electron chi connectivity index (χ3n) is 5.39. The molecule has 3 rings (SSSR count). The molecule has 3 aliphatic heterocycles. The molecule has 3 heterocycles. The van der Waals surface area contributed by atoms with Gasteiger partial charge in [-0.05, 0) is 78.5 Å². The van der Waals surface area contributed by atoms with Crippen LogP contribution in [0.3, 0.4) is 0 Å². The molecular formula is C22H42OS6. The first-order chi connectivity index (χ1) is 14.2. The Kier molecular flexibility index (Phi) is 15.7. The summed E-state index contributed by atoms with van der Waals surface area (Å²) in [6.45, 7) is 2.91. The van der Waals surface area contributed by atoms with Crippen LogP contribution in [0.4, 0.5) is 0 Å². The lowest BCUT2D eigenvalue weighted by atomic mass is 9.97. The lowest BCUT2D eigenvalue weighted by Crippen LogP contribution is -2.34. The molecule has 29 heavy (non-hydrogen) atoms. The minimum Gasteiger partial charge on any atom is -0.396 e. The van der Waals surface area contributed by atoms with Crippen LogP contribution in [0.5, 0.6) is 0 Å². The van der Waals surface area contributed by atoms with Crippen LogP contribution in [0.25, 0.3) is 0 Å². The van der Waals surface area contributed by atoms with Crippen LogP contribution in [0.15, 0.2) is 0 Å². The van der Waals surface area contributed by atoms with Gasteiger partial charge >= 0.3 is 0 Å². The molecule has 0 spiro atoms. The zero-order valence-corrected chi connectivity index (χ0v) is 23.2. The van der Waals surface area contributed by atoms with Gasteiger partial charge in [0.15, 0.2) is 0 Å². The van der Waals surface area contributed by atoms with Gasteiger partial charge in [0, 0.05) is 39.9 Å². The molecule has 0 radical (unpaired) electrons. The molecule has 0 unspecified atom stereocenters. The summed E-state index contributed by atoms with van der Waals surface area (Å²) in [5.41, 5.74) is 0.618. The van der Waals surface area contributed by atoms with Crippen molar-refractivity contribution in [3.8, 4) is 0 Å². The van der Waals surface area contributed by atoms with E-state index in [9.17, 15) is 5.11 Å². The van der Waals surface area contributed by atoms with E-state index in [-0.39, 0.29) is 5.41 Å². The van der Waals surface area contributed by atoms with Crippen molar-refractivity contribution in [2.45, 2.75) is 45.4 Å². The van der Waals surface area contributed by atoms with Crippen molar-refractivity contribution < 1.29 is 5.11 Å².